The number of ether oxygens (including phenoxy) is 1. The highest BCUT2D eigenvalue weighted by molar-refractivity contribution is 8.13. The summed E-state index contributed by atoms with van der Waals surface area (Å²) in [6.07, 6.45) is 3.88. The molecule has 1 saturated heterocycles. The summed E-state index contributed by atoms with van der Waals surface area (Å²) in [5.41, 5.74) is 1.79. The fourth-order valence-electron chi connectivity index (χ4n) is 2.90. The molecule has 0 spiro atoms. The van der Waals surface area contributed by atoms with E-state index in [9.17, 15) is 9.59 Å². The summed E-state index contributed by atoms with van der Waals surface area (Å²) >= 11 is 1.64. The molecular weight excluding hydrogens is 360 g/mol. The first-order chi connectivity index (χ1) is 13.2. The van der Waals surface area contributed by atoms with Crippen molar-refractivity contribution < 1.29 is 14.3 Å². The lowest BCUT2D eigenvalue weighted by atomic mass is 10.2. The molecule has 0 N–H and O–H groups in total. The Morgan fingerprint density at radius 2 is 1.85 bits per heavy atom. The number of thioether (sulfide) groups is 1. The fourth-order valence-corrected chi connectivity index (χ4v) is 3.93. The molecule has 0 unspecified atom stereocenters. The molecule has 1 fully saturated rings. The van der Waals surface area contributed by atoms with Crippen LogP contribution in [0.3, 0.4) is 0 Å². The normalized spacial score (nSPS) is 18.1. The van der Waals surface area contributed by atoms with Crippen molar-refractivity contribution in [3.63, 3.8) is 0 Å². The first-order valence-corrected chi connectivity index (χ1v) is 9.81. The van der Waals surface area contributed by atoms with Crippen molar-refractivity contribution in [2.75, 3.05) is 12.3 Å². The number of aliphatic imine (C=N–C) groups is 1. The quantitative estimate of drug-likeness (QED) is 0.461. The maximum absolute atomic E-state index is 12.5. The molecule has 0 aliphatic carbocycles. The summed E-state index contributed by atoms with van der Waals surface area (Å²) in [5, 5.41) is 0.803. The highest BCUT2D eigenvalue weighted by atomic mass is 32.2. The average Bonchev–Trinajstić information content (AvgIpc) is 2.86. The Bertz CT molecular complexity index is 920. The Morgan fingerprint density at radius 1 is 1.07 bits per heavy atom. The Kier molecular flexibility index (Phi) is 5.07. The lowest BCUT2D eigenvalue weighted by Gasteiger charge is -2.13. The lowest BCUT2D eigenvalue weighted by Crippen LogP contribution is -2.30. The number of hydrogen-bond donors (Lipinski definition) is 0. The smallest absolute Gasteiger partial charge is 0.343 e. The van der Waals surface area contributed by atoms with Crippen molar-refractivity contribution in [3.8, 4) is 5.75 Å². The number of nitrogens with zero attached hydrogens (tertiary/aromatic N) is 2. The number of fused-ring (bicyclic) bond motifs is 1. The van der Waals surface area contributed by atoms with Crippen molar-refractivity contribution in [1.82, 2.24) is 4.90 Å². The minimum atomic E-state index is -0.399. The van der Waals surface area contributed by atoms with Gasteiger partial charge in [-0.15, -0.1) is 0 Å². The van der Waals surface area contributed by atoms with Gasteiger partial charge < -0.3 is 4.74 Å². The molecule has 0 radical (unpaired) electrons. The molecule has 2 aromatic rings. The number of rotatable bonds is 3. The standard InChI is InChI=1S/C21H18N2O3S/c24-19-18(22-21-23(19)12-4-5-13-27-21)14-15-8-10-17(11-9-15)26-20(25)16-6-2-1-3-7-16/h1-3,6-11,14H,4-5,12-13H2/b18-14-. The second-order valence-corrected chi connectivity index (χ2v) is 7.32. The highest BCUT2D eigenvalue weighted by Gasteiger charge is 2.31. The summed E-state index contributed by atoms with van der Waals surface area (Å²) in [7, 11) is 0. The van der Waals surface area contributed by atoms with Crippen molar-refractivity contribution in [2.24, 2.45) is 4.99 Å². The van der Waals surface area contributed by atoms with Crippen LogP contribution in [0.15, 0.2) is 65.3 Å². The Morgan fingerprint density at radius 3 is 2.63 bits per heavy atom. The van der Waals surface area contributed by atoms with Crippen LogP contribution in [0, 0.1) is 0 Å². The lowest BCUT2D eigenvalue weighted by molar-refractivity contribution is -0.122. The predicted octanol–water partition coefficient (Wildman–Crippen LogP) is 3.97. The van der Waals surface area contributed by atoms with E-state index in [1.54, 1.807) is 59.1 Å². The third-order valence-corrected chi connectivity index (χ3v) is 5.38. The molecular formula is C21H18N2O3S. The van der Waals surface area contributed by atoms with E-state index in [1.807, 2.05) is 18.2 Å². The molecule has 0 bridgehead atoms. The number of carbonyl (C=O) groups is 2. The number of esters is 1. The second kappa shape index (κ2) is 7.80. The van der Waals surface area contributed by atoms with Crippen LogP contribution in [0.2, 0.25) is 0 Å². The summed E-state index contributed by atoms with van der Waals surface area (Å²) in [5.74, 6) is 1.01. The summed E-state index contributed by atoms with van der Waals surface area (Å²) in [6, 6.07) is 15.9. The van der Waals surface area contributed by atoms with Gasteiger partial charge in [0.2, 0.25) is 0 Å². The van der Waals surface area contributed by atoms with Gasteiger partial charge >= 0.3 is 5.97 Å². The van der Waals surface area contributed by atoms with E-state index in [2.05, 4.69) is 4.99 Å². The molecule has 5 nitrogen and oxygen atoms in total. The van der Waals surface area contributed by atoms with Crippen LogP contribution in [0.4, 0.5) is 0 Å². The zero-order chi connectivity index (χ0) is 18.6. The minimum Gasteiger partial charge on any atom is -0.423 e. The Labute approximate surface area is 161 Å². The van der Waals surface area contributed by atoms with E-state index >= 15 is 0 Å². The van der Waals surface area contributed by atoms with Crippen molar-refractivity contribution in [3.05, 3.63) is 71.4 Å². The van der Waals surface area contributed by atoms with E-state index in [0.29, 0.717) is 17.0 Å². The molecule has 2 heterocycles. The molecule has 0 saturated carbocycles. The molecule has 27 heavy (non-hydrogen) atoms. The predicted molar refractivity (Wildman–Crippen MR) is 107 cm³/mol. The topological polar surface area (TPSA) is 59.0 Å². The first-order valence-electron chi connectivity index (χ1n) is 8.83. The van der Waals surface area contributed by atoms with E-state index < -0.39 is 5.97 Å². The maximum atomic E-state index is 12.5. The third kappa shape index (κ3) is 3.95. The van der Waals surface area contributed by atoms with Gasteiger partial charge in [0.15, 0.2) is 5.17 Å². The zero-order valence-electron chi connectivity index (χ0n) is 14.6. The molecule has 2 aromatic carbocycles. The van der Waals surface area contributed by atoms with Gasteiger partial charge in [-0.2, -0.15) is 0 Å². The number of amidine groups is 1. The highest BCUT2D eigenvalue weighted by Crippen LogP contribution is 2.27. The summed E-state index contributed by atoms with van der Waals surface area (Å²) in [4.78, 5) is 30.9. The monoisotopic (exact) mass is 378 g/mol. The largest absolute Gasteiger partial charge is 0.423 e. The molecule has 0 atom stereocenters. The number of amides is 1. The van der Waals surface area contributed by atoms with Crippen LogP contribution in [0.1, 0.15) is 28.8 Å². The number of hydrogen-bond acceptors (Lipinski definition) is 5. The molecule has 2 aliphatic heterocycles. The van der Waals surface area contributed by atoms with Gasteiger partial charge in [0, 0.05) is 12.3 Å². The van der Waals surface area contributed by atoms with Gasteiger partial charge in [-0.25, -0.2) is 9.79 Å². The maximum Gasteiger partial charge on any atom is 0.343 e. The first kappa shape index (κ1) is 17.5. The van der Waals surface area contributed by atoms with Gasteiger partial charge in [0.05, 0.1) is 5.56 Å². The third-order valence-electron chi connectivity index (χ3n) is 4.32. The Hall–Kier alpha value is -2.86. The van der Waals surface area contributed by atoms with Crippen molar-refractivity contribution in [2.45, 2.75) is 12.8 Å². The molecule has 136 valence electrons. The van der Waals surface area contributed by atoms with Crippen LogP contribution >= 0.6 is 11.8 Å². The molecule has 1 amide bonds. The van der Waals surface area contributed by atoms with Crippen LogP contribution in [0.5, 0.6) is 5.75 Å². The second-order valence-electron chi connectivity index (χ2n) is 6.26. The van der Waals surface area contributed by atoms with Crippen LogP contribution in [-0.4, -0.2) is 34.2 Å². The van der Waals surface area contributed by atoms with Crippen LogP contribution in [0.25, 0.3) is 6.08 Å². The molecule has 4 rings (SSSR count). The van der Waals surface area contributed by atoms with Crippen LogP contribution < -0.4 is 4.74 Å². The van der Waals surface area contributed by atoms with Gasteiger partial charge in [-0.3, -0.25) is 9.69 Å². The average molecular weight is 378 g/mol. The van der Waals surface area contributed by atoms with Gasteiger partial charge in [0.1, 0.15) is 11.4 Å². The number of carbonyl (C=O) groups excluding carboxylic acids is 2. The fraction of sp³-hybridized carbons (Fsp3) is 0.190. The Balaban J connectivity index is 1.47. The van der Waals surface area contributed by atoms with E-state index in [0.717, 1.165) is 35.9 Å². The van der Waals surface area contributed by atoms with Crippen LogP contribution in [-0.2, 0) is 4.79 Å². The zero-order valence-corrected chi connectivity index (χ0v) is 15.4. The SMILES string of the molecule is O=C(Oc1ccc(/C=C2\N=C3SCCCCN3C2=O)cc1)c1ccccc1. The van der Waals surface area contributed by atoms with E-state index in [4.69, 9.17) is 4.74 Å². The van der Waals surface area contributed by atoms with Gasteiger partial charge in [0.25, 0.3) is 5.91 Å². The summed E-state index contributed by atoms with van der Waals surface area (Å²) < 4.78 is 5.37. The number of benzene rings is 2. The van der Waals surface area contributed by atoms with E-state index in [-0.39, 0.29) is 5.91 Å². The van der Waals surface area contributed by atoms with Crippen molar-refractivity contribution in [1.29, 1.82) is 0 Å². The molecule has 2 aliphatic rings. The van der Waals surface area contributed by atoms with Gasteiger partial charge in [-0.1, -0.05) is 42.1 Å². The molecule has 6 heteroatoms. The van der Waals surface area contributed by atoms with Crippen molar-refractivity contribution >= 4 is 34.9 Å². The van der Waals surface area contributed by atoms with E-state index in [1.165, 1.54) is 0 Å². The minimum absolute atomic E-state index is 0.0426. The molecule has 0 aromatic heterocycles. The van der Waals surface area contributed by atoms with Gasteiger partial charge in [-0.05, 0) is 48.7 Å². The summed E-state index contributed by atoms with van der Waals surface area (Å²) in [6.45, 7) is 0.733.